The molecule has 0 bridgehead atoms. The monoisotopic (exact) mass is 437 g/mol. The molecular formula is C22H20ClN5OS. The quantitative estimate of drug-likeness (QED) is 0.417. The predicted molar refractivity (Wildman–Crippen MR) is 117 cm³/mol. The van der Waals surface area contributed by atoms with Crippen molar-refractivity contribution in [1.29, 1.82) is 0 Å². The van der Waals surface area contributed by atoms with Gasteiger partial charge in [0, 0.05) is 36.0 Å². The number of benzene rings is 1. The Morgan fingerprint density at radius 1 is 1.10 bits per heavy atom. The molecule has 1 saturated heterocycles. The van der Waals surface area contributed by atoms with Crippen LogP contribution in [-0.2, 0) is 11.2 Å². The first-order chi connectivity index (χ1) is 14.8. The summed E-state index contributed by atoms with van der Waals surface area (Å²) in [6, 6.07) is 11.8. The van der Waals surface area contributed by atoms with E-state index in [0.717, 1.165) is 57.6 Å². The number of hydrogen-bond donors (Lipinski definition) is 0. The third kappa shape index (κ3) is 4.14. The number of nitrogens with zero attached hydrogens (tertiary/aromatic N) is 5. The topological polar surface area (TPSA) is 65.7 Å². The molecule has 4 heterocycles. The molecule has 152 valence electrons. The average molecular weight is 438 g/mol. The first kappa shape index (κ1) is 19.4. The van der Waals surface area contributed by atoms with E-state index < -0.39 is 0 Å². The number of thiazole rings is 1. The van der Waals surface area contributed by atoms with Gasteiger partial charge in [0.05, 0.1) is 10.6 Å². The molecule has 1 aliphatic heterocycles. The molecule has 4 aromatic rings. The van der Waals surface area contributed by atoms with Gasteiger partial charge in [0.1, 0.15) is 11.3 Å². The number of halogens is 1. The molecular weight excluding hydrogens is 418 g/mol. The van der Waals surface area contributed by atoms with Crippen molar-refractivity contribution in [1.82, 2.24) is 24.7 Å². The van der Waals surface area contributed by atoms with E-state index in [1.807, 2.05) is 41.1 Å². The smallest absolute Gasteiger partial charge is 0.193 e. The molecule has 30 heavy (non-hydrogen) atoms. The van der Waals surface area contributed by atoms with Crippen molar-refractivity contribution in [2.75, 3.05) is 6.61 Å². The third-order valence-electron chi connectivity index (χ3n) is 5.07. The second kappa shape index (κ2) is 8.63. The highest BCUT2D eigenvalue weighted by Crippen LogP contribution is 2.35. The standard InChI is InChI=1S/C22H20ClN5OS/c23-17-6-4-15(5-7-17)13-18-20(30-22(26-18)16-8-10-24-11-9-16)21-25-14-28(27-21)19-3-1-2-12-29-19/h4-11,14,19H,1-3,12-13H2. The van der Waals surface area contributed by atoms with E-state index in [0.29, 0.717) is 12.2 Å². The molecule has 0 spiro atoms. The molecule has 5 rings (SSSR count). The number of aromatic nitrogens is 5. The van der Waals surface area contributed by atoms with Gasteiger partial charge in [-0.25, -0.2) is 14.6 Å². The maximum absolute atomic E-state index is 6.05. The molecule has 1 aromatic carbocycles. The van der Waals surface area contributed by atoms with Crippen LogP contribution in [0.5, 0.6) is 0 Å². The molecule has 8 heteroatoms. The highest BCUT2D eigenvalue weighted by Gasteiger charge is 2.21. The fraction of sp³-hybridized carbons (Fsp3) is 0.273. The molecule has 1 aliphatic rings. The molecule has 0 N–H and O–H groups in total. The Balaban J connectivity index is 1.51. The minimum Gasteiger partial charge on any atom is -0.356 e. The Morgan fingerprint density at radius 3 is 2.70 bits per heavy atom. The molecule has 6 nitrogen and oxygen atoms in total. The molecule has 1 unspecified atom stereocenters. The van der Waals surface area contributed by atoms with Crippen LogP contribution >= 0.6 is 22.9 Å². The Labute approximate surface area is 183 Å². The first-order valence-corrected chi connectivity index (χ1v) is 11.1. The zero-order valence-electron chi connectivity index (χ0n) is 16.2. The third-order valence-corrected chi connectivity index (χ3v) is 6.47. The van der Waals surface area contributed by atoms with Gasteiger partial charge >= 0.3 is 0 Å². The van der Waals surface area contributed by atoms with E-state index in [9.17, 15) is 0 Å². The maximum Gasteiger partial charge on any atom is 0.193 e. The van der Waals surface area contributed by atoms with Crippen LogP contribution in [0.1, 0.15) is 36.7 Å². The molecule has 0 saturated carbocycles. The maximum atomic E-state index is 6.05. The summed E-state index contributed by atoms with van der Waals surface area (Å²) in [4.78, 5) is 14.6. The Bertz CT molecular complexity index is 1120. The summed E-state index contributed by atoms with van der Waals surface area (Å²) in [6.07, 6.45) is 9.19. The summed E-state index contributed by atoms with van der Waals surface area (Å²) in [5.41, 5.74) is 3.13. The van der Waals surface area contributed by atoms with Crippen LogP contribution in [0.25, 0.3) is 21.3 Å². The molecule has 0 aliphatic carbocycles. The summed E-state index contributed by atoms with van der Waals surface area (Å²) >= 11 is 7.65. The molecule has 3 aromatic heterocycles. The Hall–Kier alpha value is -2.61. The van der Waals surface area contributed by atoms with E-state index in [4.69, 9.17) is 26.4 Å². The van der Waals surface area contributed by atoms with Crippen LogP contribution in [0.2, 0.25) is 5.02 Å². The number of pyridine rings is 1. The zero-order chi connectivity index (χ0) is 20.3. The highest BCUT2D eigenvalue weighted by atomic mass is 35.5. The van der Waals surface area contributed by atoms with Crippen molar-refractivity contribution < 1.29 is 4.74 Å². The Morgan fingerprint density at radius 2 is 1.93 bits per heavy atom. The predicted octanol–water partition coefficient (Wildman–Crippen LogP) is 5.41. The van der Waals surface area contributed by atoms with Gasteiger partial charge in [0.25, 0.3) is 0 Å². The second-order valence-corrected chi connectivity index (χ2v) is 8.64. The van der Waals surface area contributed by atoms with Crippen LogP contribution in [0.15, 0.2) is 55.1 Å². The Kier molecular flexibility index (Phi) is 5.57. The zero-order valence-corrected chi connectivity index (χ0v) is 17.8. The minimum absolute atomic E-state index is 0.0349. The summed E-state index contributed by atoms with van der Waals surface area (Å²) in [6.45, 7) is 0.772. The largest absolute Gasteiger partial charge is 0.356 e. The molecule has 1 atom stereocenters. The van der Waals surface area contributed by atoms with E-state index in [2.05, 4.69) is 9.97 Å². The minimum atomic E-state index is -0.0349. The fourth-order valence-electron chi connectivity index (χ4n) is 3.51. The van der Waals surface area contributed by atoms with E-state index in [1.165, 1.54) is 0 Å². The lowest BCUT2D eigenvalue weighted by Crippen LogP contribution is -2.18. The van der Waals surface area contributed by atoms with Gasteiger partial charge in [-0.2, -0.15) is 0 Å². The van der Waals surface area contributed by atoms with Gasteiger partial charge in [0.15, 0.2) is 12.1 Å². The van der Waals surface area contributed by atoms with Crippen molar-refractivity contribution in [2.45, 2.75) is 31.9 Å². The molecule has 1 fully saturated rings. The highest BCUT2D eigenvalue weighted by molar-refractivity contribution is 7.18. The first-order valence-electron chi connectivity index (χ1n) is 9.94. The molecule has 0 amide bonds. The SMILES string of the molecule is Clc1ccc(Cc2nc(-c3ccncc3)sc2-c2ncn(C3CCCCO3)n2)cc1. The number of rotatable bonds is 5. The fourth-order valence-corrected chi connectivity index (χ4v) is 4.66. The van der Waals surface area contributed by atoms with E-state index >= 15 is 0 Å². The van der Waals surface area contributed by atoms with Crippen molar-refractivity contribution in [2.24, 2.45) is 0 Å². The van der Waals surface area contributed by atoms with Crippen LogP contribution in [0, 0.1) is 0 Å². The van der Waals surface area contributed by atoms with Crippen LogP contribution in [-0.4, -0.2) is 31.3 Å². The average Bonchev–Trinajstić information content (AvgIpc) is 3.44. The summed E-state index contributed by atoms with van der Waals surface area (Å²) < 4.78 is 7.69. The van der Waals surface area contributed by atoms with Crippen molar-refractivity contribution in [3.63, 3.8) is 0 Å². The summed E-state index contributed by atoms with van der Waals surface area (Å²) in [7, 11) is 0. The normalized spacial score (nSPS) is 16.6. The second-order valence-electron chi connectivity index (χ2n) is 7.20. The summed E-state index contributed by atoms with van der Waals surface area (Å²) in [5, 5.41) is 6.40. The van der Waals surface area contributed by atoms with Crippen LogP contribution in [0.4, 0.5) is 0 Å². The van der Waals surface area contributed by atoms with E-state index in [-0.39, 0.29) is 6.23 Å². The van der Waals surface area contributed by atoms with Gasteiger partial charge < -0.3 is 4.74 Å². The van der Waals surface area contributed by atoms with Crippen molar-refractivity contribution in [3.05, 3.63) is 71.4 Å². The van der Waals surface area contributed by atoms with Gasteiger partial charge in [-0.05, 0) is 49.1 Å². The number of hydrogen-bond acceptors (Lipinski definition) is 6. The van der Waals surface area contributed by atoms with Gasteiger partial charge in [-0.3, -0.25) is 4.98 Å². The van der Waals surface area contributed by atoms with Gasteiger partial charge in [-0.1, -0.05) is 23.7 Å². The molecule has 0 radical (unpaired) electrons. The lowest BCUT2D eigenvalue weighted by molar-refractivity contribution is -0.0395. The number of ether oxygens (including phenoxy) is 1. The van der Waals surface area contributed by atoms with Gasteiger partial charge in [-0.15, -0.1) is 16.4 Å². The van der Waals surface area contributed by atoms with E-state index in [1.54, 1.807) is 30.1 Å². The van der Waals surface area contributed by atoms with Crippen LogP contribution in [0.3, 0.4) is 0 Å². The summed E-state index contributed by atoms with van der Waals surface area (Å²) in [5.74, 6) is 0.686. The lowest BCUT2D eigenvalue weighted by Gasteiger charge is -2.21. The lowest BCUT2D eigenvalue weighted by atomic mass is 10.1. The van der Waals surface area contributed by atoms with Crippen molar-refractivity contribution >= 4 is 22.9 Å². The van der Waals surface area contributed by atoms with Crippen molar-refractivity contribution in [3.8, 4) is 21.3 Å². The van der Waals surface area contributed by atoms with Gasteiger partial charge in [0.2, 0.25) is 0 Å². The van der Waals surface area contributed by atoms with Crippen LogP contribution < -0.4 is 0 Å².